The quantitative estimate of drug-likeness (QED) is 0.870. The summed E-state index contributed by atoms with van der Waals surface area (Å²) in [6.45, 7) is 0.983. The molecule has 1 fully saturated rings. The summed E-state index contributed by atoms with van der Waals surface area (Å²) in [5, 5.41) is 4.55. The van der Waals surface area contributed by atoms with Crippen LogP contribution < -0.4 is 5.32 Å². The maximum atomic E-state index is 4.03. The van der Waals surface area contributed by atoms with Crippen LogP contribution in [0.2, 0.25) is 0 Å². The van der Waals surface area contributed by atoms with Crippen LogP contribution >= 0.6 is 11.8 Å². The lowest BCUT2D eigenvalue weighted by Crippen LogP contribution is -2.33. The van der Waals surface area contributed by atoms with Gasteiger partial charge in [-0.15, -0.1) is 0 Å². The number of rotatable bonds is 4. The van der Waals surface area contributed by atoms with Gasteiger partial charge in [0.1, 0.15) is 0 Å². The Morgan fingerprint density at radius 2 is 1.94 bits per heavy atom. The molecule has 0 unspecified atom stereocenters. The lowest BCUT2D eigenvalue weighted by Gasteiger charge is -2.28. The molecule has 88 valence electrons. The summed E-state index contributed by atoms with van der Waals surface area (Å²) in [6.07, 6.45) is 11.4. The third kappa shape index (κ3) is 3.49. The van der Waals surface area contributed by atoms with Crippen LogP contribution in [-0.2, 0) is 6.54 Å². The van der Waals surface area contributed by atoms with Gasteiger partial charge in [0, 0.05) is 30.2 Å². The number of thioether (sulfide) groups is 1. The Kier molecular flexibility index (Phi) is 4.67. The molecule has 1 heterocycles. The Morgan fingerprint density at radius 3 is 2.56 bits per heavy atom. The maximum Gasteiger partial charge on any atom is 0.0271 e. The summed E-state index contributed by atoms with van der Waals surface area (Å²) in [7, 11) is 0. The van der Waals surface area contributed by atoms with E-state index in [0.717, 1.165) is 17.8 Å². The predicted octanol–water partition coefficient (Wildman–Crippen LogP) is 2.85. The second-order valence-corrected chi connectivity index (χ2v) is 5.58. The number of nitrogens with one attached hydrogen (secondary N) is 1. The molecular weight excluding hydrogens is 216 g/mol. The van der Waals surface area contributed by atoms with Crippen molar-refractivity contribution in [2.24, 2.45) is 0 Å². The zero-order chi connectivity index (χ0) is 11.2. The van der Waals surface area contributed by atoms with Crippen molar-refractivity contribution in [3.05, 3.63) is 30.1 Å². The van der Waals surface area contributed by atoms with Crippen LogP contribution in [0.15, 0.2) is 24.5 Å². The van der Waals surface area contributed by atoms with E-state index in [0.29, 0.717) is 0 Å². The summed E-state index contributed by atoms with van der Waals surface area (Å²) in [4.78, 5) is 4.03. The number of pyridine rings is 1. The smallest absolute Gasteiger partial charge is 0.0271 e. The summed E-state index contributed by atoms with van der Waals surface area (Å²) in [5.74, 6) is 0. The fourth-order valence-electron chi connectivity index (χ4n) is 2.27. The molecule has 0 atom stereocenters. The molecule has 16 heavy (non-hydrogen) atoms. The van der Waals surface area contributed by atoms with Crippen molar-refractivity contribution in [1.29, 1.82) is 0 Å². The number of hydrogen-bond acceptors (Lipinski definition) is 3. The van der Waals surface area contributed by atoms with E-state index in [2.05, 4.69) is 28.7 Å². The van der Waals surface area contributed by atoms with E-state index < -0.39 is 0 Å². The van der Waals surface area contributed by atoms with Crippen LogP contribution in [0, 0.1) is 0 Å². The molecule has 0 aromatic carbocycles. The Bertz CT molecular complexity index is 294. The molecule has 0 radical (unpaired) electrons. The van der Waals surface area contributed by atoms with E-state index in [9.17, 15) is 0 Å². The Labute approximate surface area is 102 Å². The fourth-order valence-corrected chi connectivity index (χ4v) is 3.01. The van der Waals surface area contributed by atoms with E-state index in [4.69, 9.17) is 0 Å². The van der Waals surface area contributed by atoms with Gasteiger partial charge in [-0.25, -0.2) is 0 Å². The second-order valence-electron chi connectivity index (χ2n) is 4.45. The Hall–Kier alpha value is -0.540. The average molecular weight is 236 g/mol. The van der Waals surface area contributed by atoms with Crippen LogP contribution in [0.25, 0.3) is 0 Å². The van der Waals surface area contributed by atoms with E-state index in [1.165, 1.54) is 31.2 Å². The molecule has 1 aromatic heterocycles. The molecule has 0 amide bonds. The fraction of sp³-hybridized carbons (Fsp3) is 0.615. The molecule has 1 aliphatic carbocycles. The minimum atomic E-state index is 0.719. The summed E-state index contributed by atoms with van der Waals surface area (Å²) in [6, 6.07) is 4.89. The van der Waals surface area contributed by atoms with Gasteiger partial charge < -0.3 is 5.32 Å². The molecule has 1 N–H and O–H groups in total. The first-order valence-corrected chi connectivity index (χ1v) is 7.32. The Balaban J connectivity index is 1.72. The van der Waals surface area contributed by atoms with Crippen molar-refractivity contribution in [2.45, 2.75) is 43.5 Å². The first-order valence-electron chi connectivity index (χ1n) is 6.03. The van der Waals surface area contributed by atoms with E-state index in [1.807, 2.05) is 24.2 Å². The summed E-state index contributed by atoms with van der Waals surface area (Å²) in [5.41, 5.74) is 1.34. The normalized spacial score (nSPS) is 25.6. The second kappa shape index (κ2) is 6.26. The van der Waals surface area contributed by atoms with Crippen molar-refractivity contribution in [3.63, 3.8) is 0 Å². The number of nitrogens with zero attached hydrogens (tertiary/aromatic N) is 1. The molecule has 0 spiro atoms. The van der Waals surface area contributed by atoms with Crippen molar-refractivity contribution in [2.75, 3.05) is 6.26 Å². The van der Waals surface area contributed by atoms with Gasteiger partial charge in [-0.3, -0.25) is 4.98 Å². The third-order valence-corrected chi connectivity index (χ3v) is 4.49. The van der Waals surface area contributed by atoms with E-state index in [-0.39, 0.29) is 0 Å². The molecule has 1 aromatic rings. The third-order valence-electron chi connectivity index (χ3n) is 3.35. The van der Waals surface area contributed by atoms with E-state index >= 15 is 0 Å². The van der Waals surface area contributed by atoms with Crippen LogP contribution in [-0.4, -0.2) is 22.5 Å². The largest absolute Gasteiger partial charge is 0.310 e. The van der Waals surface area contributed by atoms with Crippen molar-refractivity contribution >= 4 is 11.8 Å². The van der Waals surface area contributed by atoms with Gasteiger partial charge >= 0.3 is 0 Å². The van der Waals surface area contributed by atoms with Gasteiger partial charge in [0.25, 0.3) is 0 Å². The predicted molar refractivity (Wildman–Crippen MR) is 70.6 cm³/mol. The summed E-state index contributed by atoms with van der Waals surface area (Å²) < 4.78 is 0. The van der Waals surface area contributed by atoms with Crippen LogP contribution in [0.1, 0.15) is 31.2 Å². The highest BCUT2D eigenvalue weighted by Crippen LogP contribution is 2.26. The van der Waals surface area contributed by atoms with Crippen molar-refractivity contribution < 1.29 is 0 Å². The molecule has 1 saturated carbocycles. The van der Waals surface area contributed by atoms with Gasteiger partial charge in [-0.2, -0.15) is 11.8 Å². The molecule has 2 rings (SSSR count). The maximum absolute atomic E-state index is 4.03. The first kappa shape index (κ1) is 11.9. The molecule has 2 nitrogen and oxygen atoms in total. The summed E-state index contributed by atoms with van der Waals surface area (Å²) >= 11 is 2.03. The molecule has 1 aliphatic rings. The molecule has 3 heteroatoms. The van der Waals surface area contributed by atoms with Gasteiger partial charge in [0.2, 0.25) is 0 Å². The van der Waals surface area contributed by atoms with Crippen LogP contribution in [0.3, 0.4) is 0 Å². The van der Waals surface area contributed by atoms with Gasteiger partial charge in [-0.1, -0.05) is 0 Å². The zero-order valence-electron chi connectivity index (χ0n) is 9.86. The van der Waals surface area contributed by atoms with Crippen LogP contribution in [0.4, 0.5) is 0 Å². The lowest BCUT2D eigenvalue weighted by atomic mass is 9.95. The number of aromatic nitrogens is 1. The topological polar surface area (TPSA) is 24.9 Å². The molecule has 0 aliphatic heterocycles. The SMILES string of the molecule is CSC1CCC(NCc2ccncc2)CC1. The van der Waals surface area contributed by atoms with Gasteiger partial charge in [0.05, 0.1) is 0 Å². The standard InChI is InChI=1S/C13H20N2S/c1-16-13-4-2-12(3-5-13)15-10-11-6-8-14-9-7-11/h6-9,12-13,15H,2-5,10H2,1H3. The monoisotopic (exact) mass is 236 g/mol. The average Bonchev–Trinajstić information content (AvgIpc) is 2.38. The molecular formula is C13H20N2S. The van der Waals surface area contributed by atoms with Gasteiger partial charge in [-0.05, 0) is 49.6 Å². The van der Waals surface area contributed by atoms with Gasteiger partial charge in [0.15, 0.2) is 0 Å². The highest BCUT2D eigenvalue weighted by atomic mass is 32.2. The highest BCUT2D eigenvalue weighted by molar-refractivity contribution is 7.99. The first-order chi connectivity index (χ1) is 7.88. The van der Waals surface area contributed by atoms with E-state index in [1.54, 1.807) is 0 Å². The minimum Gasteiger partial charge on any atom is -0.310 e. The number of hydrogen-bond donors (Lipinski definition) is 1. The highest BCUT2D eigenvalue weighted by Gasteiger charge is 2.19. The van der Waals surface area contributed by atoms with Crippen molar-refractivity contribution in [3.8, 4) is 0 Å². The molecule has 0 saturated heterocycles. The molecule has 0 bridgehead atoms. The van der Waals surface area contributed by atoms with Crippen LogP contribution in [0.5, 0.6) is 0 Å². The lowest BCUT2D eigenvalue weighted by molar-refractivity contribution is 0.379. The minimum absolute atomic E-state index is 0.719. The Morgan fingerprint density at radius 1 is 1.25 bits per heavy atom. The van der Waals surface area contributed by atoms with Crippen molar-refractivity contribution in [1.82, 2.24) is 10.3 Å². The zero-order valence-corrected chi connectivity index (χ0v) is 10.7.